The first kappa shape index (κ1) is 21.7. The largest absolute Gasteiger partial charge is 0.490 e. The molecular weight excluding hydrogens is 436 g/mol. The van der Waals surface area contributed by atoms with Crippen LogP contribution < -0.4 is 25.0 Å². The highest BCUT2D eigenvalue weighted by Gasteiger charge is 2.19. The summed E-state index contributed by atoms with van der Waals surface area (Å²) in [7, 11) is -3.85. The van der Waals surface area contributed by atoms with E-state index in [2.05, 4.69) is 20.6 Å². The van der Waals surface area contributed by atoms with Crippen LogP contribution in [0, 0.1) is 0 Å². The van der Waals surface area contributed by atoms with Crippen LogP contribution in [-0.4, -0.2) is 45.0 Å². The topological polar surface area (TPSA) is 139 Å². The molecule has 10 nitrogen and oxygen atoms in total. The number of para-hydroxylation sites is 1. The first-order valence-electron chi connectivity index (χ1n) is 9.99. The smallest absolute Gasteiger partial charge is 0.271 e. The van der Waals surface area contributed by atoms with Crippen LogP contribution >= 0.6 is 0 Å². The van der Waals surface area contributed by atoms with Crippen molar-refractivity contribution in [2.45, 2.75) is 17.7 Å². The molecule has 4 N–H and O–H groups in total. The fraction of sp³-hybridized carbons (Fsp3) is 0.238. The lowest BCUT2D eigenvalue weighted by Gasteiger charge is -2.11. The molecule has 168 valence electrons. The maximum atomic E-state index is 12.5. The van der Waals surface area contributed by atoms with Crippen molar-refractivity contribution < 1.29 is 27.5 Å². The third-order valence-electron chi connectivity index (χ3n) is 4.82. The van der Waals surface area contributed by atoms with Gasteiger partial charge in [0.1, 0.15) is 0 Å². The minimum atomic E-state index is -3.85. The summed E-state index contributed by atoms with van der Waals surface area (Å²) in [6.07, 6.45) is 2.09. The van der Waals surface area contributed by atoms with Crippen LogP contribution in [0.25, 0.3) is 10.9 Å². The van der Waals surface area contributed by atoms with Crippen molar-refractivity contribution in [3.8, 4) is 11.5 Å². The number of carbonyl (C=O) groups is 2. The van der Waals surface area contributed by atoms with Crippen molar-refractivity contribution in [3.05, 3.63) is 54.2 Å². The zero-order valence-electron chi connectivity index (χ0n) is 17.0. The number of aromatic nitrogens is 1. The Labute approximate surface area is 184 Å². The second-order valence-corrected chi connectivity index (χ2v) is 8.82. The van der Waals surface area contributed by atoms with Crippen LogP contribution in [0.5, 0.6) is 11.5 Å². The van der Waals surface area contributed by atoms with Gasteiger partial charge in [-0.15, -0.1) is 0 Å². The average Bonchev–Trinajstić information content (AvgIpc) is 3.07. The molecule has 1 aromatic heterocycles. The van der Waals surface area contributed by atoms with E-state index >= 15 is 0 Å². The highest BCUT2D eigenvalue weighted by Crippen LogP contribution is 2.31. The molecule has 0 radical (unpaired) electrons. The molecule has 0 unspecified atom stereocenters. The molecule has 1 aliphatic heterocycles. The number of sulfonamides is 1. The van der Waals surface area contributed by atoms with Gasteiger partial charge in [0, 0.05) is 42.6 Å². The Bertz CT molecular complexity index is 1250. The summed E-state index contributed by atoms with van der Waals surface area (Å²) in [6.45, 7) is 0.795. The summed E-state index contributed by atoms with van der Waals surface area (Å²) >= 11 is 0. The predicted molar refractivity (Wildman–Crippen MR) is 116 cm³/mol. The van der Waals surface area contributed by atoms with E-state index in [0.717, 1.165) is 10.9 Å². The van der Waals surface area contributed by atoms with Gasteiger partial charge in [0.15, 0.2) is 11.5 Å². The zero-order chi connectivity index (χ0) is 22.6. The van der Waals surface area contributed by atoms with Crippen molar-refractivity contribution >= 4 is 32.7 Å². The number of amides is 2. The molecular formula is C21H22N4O6S. The number of benzene rings is 2. The molecule has 32 heavy (non-hydrogen) atoms. The van der Waals surface area contributed by atoms with Crippen LogP contribution in [0.15, 0.2) is 53.6 Å². The summed E-state index contributed by atoms with van der Waals surface area (Å²) in [4.78, 5) is 27.3. The van der Waals surface area contributed by atoms with Crippen molar-refractivity contribution in [2.24, 2.45) is 0 Å². The Morgan fingerprint density at radius 1 is 1.00 bits per heavy atom. The molecule has 1 aliphatic rings. The summed E-state index contributed by atoms with van der Waals surface area (Å²) < 4.78 is 38.4. The molecule has 0 fully saturated rings. The molecule has 0 aliphatic carbocycles. The molecule has 0 spiro atoms. The summed E-state index contributed by atoms with van der Waals surface area (Å²) in [5.74, 6) is -0.169. The number of ether oxygens (including phenoxy) is 2. The zero-order valence-corrected chi connectivity index (χ0v) is 17.8. The minimum Gasteiger partial charge on any atom is -0.490 e. The molecule has 2 heterocycles. The molecule has 0 bridgehead atoms. The van der Waals surface area contributed by atoms with Gasteiger partial charge in [0.05, 0.1) is 23.7 Å². The Balaban J connectivity index is 1.28. The van der Waals surface area contributed by atoms with Gasteiger partial charge in [-0.05, 0) is 18.2 Å². The van der Waals surface area contributed by atoms with Crippen LogP contribution in [0.2, 0.25) is 0 Å². The third-order valence-corrected chi connectivity index (χ3v) is 6.28. The van der Waals surface area contributed by atoms with E-state index < -0.39 is 21.8 Å². The van der Waals surface area contributed by atoms with E-state index in [1.54, 1.807) is 24.4 Å². The van der Waals surface area contributed by atoms with E-state index in [4.69, 9.17) is 9.47 Å². The van der Waals surface area contributed by atoms with Crippen molar-refractivity contribution in [1.29, 1.82) is 0 Å². The molecule has 0 saturated heterocycles. The van der Waals surface area contributed by atoms with E-state index in [1.807, 2.05) is 12.1 Å². The van der Waals surface area contributed by atoms with E-state index in [0.29, 0.717) is 36.7 Å². The summed E-state index contributed by atoms with van der Waals surface area (Å²) in [5, 5.41) is 0.724. The lowest BCUT2D eigenvalue weighted by molar-refractivity contribution is -0.121. The maximum Gasteiger partial charge on any atom is 0.271 e. The van der Waals surface area contributed by atoms with E-state index in [-0.39, 0.29) is 17.9 Å². The van der Waals surface area contributed by atoms with E-state index in [9.17, 15) is 18.0 Å². The number of aromatic amines is 1. The molecule has 11 heteroatoms. The van der Waals surface area contributed by atoms with Gasteiger partial charge in [-0.25, -0.2) is 13.1 Å². The fourth-order valence-electron chi connectivity index (χ4n) is 3.21. The van der Waals surface area contributed by atoms with Gasteiger partial charge in [-0.2, -0.15) is 0 Å². The molecule has 2 aromatic carbocycles. The van der Waals surface area contributed by atoms with E-state index in [1.165, 1.54) is 12.1 Å². The number of hydrogen-bond donors (Lipinski definition) is 4. The molecule has 3 aromatic rings. The van der Waals surface area contributed by atoms with Crippen molar-refractivity contribution in [1.82, 2.24) is 20.6 Å². The first-order chi connectivity index (χ1) is 15.4. The summed E-state index contributed by atoms with van der Waals surface area (Å²) in [5.41, 5.74) is 5.80. The molecule has 2 amide bonds. The first-order valence-corrected chi connectivity index (χ1v) is 11.5. The lowest BCUT2D eigenvalue weighted by atomic mass is 10.2. The van der Waals surface area contributed by atoms with Gasteiger partial charge in [0.2, 0.25) is 15.9 Å². The Hall–Kier alpha value is -3.57. The number of fused-ring (bicyclic) bond motifs is 2. The Morgan fingerprint density at radius 2 is 1.78 bits per heavy atom. The van der Waals surface area contributed by atoms with Crippen LogP contribution in [0.4, 0.5) is 0 Å². The van der Waals surface area contributed by atoms with Crippen LogP contribution in [0.3, 0.4) is 0 Å². The highest BCUT2D eigenvalue weighted by molar-refractivity contribution is 7.89. The summed E-state index contributed by atoms with van der Waals surface area (Å²) in [6, 6.07) is 11.6. The van der Waals surface area contributed by atoms with Gasteiger partial charge in [-0.1, -0.05) is 18.2 Å². The average molecular weight is 458 g/mol. The quantitative estimate of drug-likeness (QED) is 0.413. The minimum absolute atomic E-state index is 0.00907. The third kappa shape index (κ3) is 4.84. The number of carbonyl (C=O) groups excluding carboxylic acids is 2. The predicted octanol–water partition coefficient (Wildman–Crippen LogP) is 1.46. The maximum absolute atomic E-state index is 12.5. The highest BCUT2D eigenvalue weighted by atomic mass is 32.2. The van der Waals surface area contributed by atoms with Gasteiger partial charge < -0.3 is 14.5 Å². The molecule has 0 saturated carbocycles. The normalized spacial score (nSPS) is 13.4. The number of nitrogens with one attached hydrogen (secondary N) is 4. The van der Waals surface area contributed by atoms with Gasteiger partial charge >= 0.3 is 0 Å². The molecule has 4 rings (SSSR count). The SMILES string of the molecule is O=C(CCNS(=O)(=O)c1ccc2c(c1)OCCCO2)NNC(=O)c1c[nH]c2ccccc12. The van der Waals surface area contributed by atoms with Gasteiger partial charge in [-0.3, -0.25) is 20.4 Å². The lowest BCUT2D eigenvalue weighted by Crippen LogP contribution is -2.42. The number of hydrogen-bond acceptors (Lipinski definition) is 6. The van der Waals surface area contributed by atoms with Crippen molar-refractivity contribution in [2.75, 3.05) is 19.8 Å². The Kier molecular flexibility index (Phi) is 6.28. The number of rotatable bonds is 6. The van der Waals surface area contributed by atoms with Gasteiger partial charge in [0.25, 0.3) is 5.91 Å². The standard InChI is InChI=1S/C21H22N4O6S/c26-20(24-25-21(27)16-13-22-17-5-2-1-4-15(16)17)8-9-23-32(28,29)14-6-7-18-19(12-14)31-11-3-10-30-18/h1-2,4-7,12-13,22-23H,3,8-11H2,(H,24,26)(H,25,27). The fourth-order valence-corrected chi connectivity index (χ4v) is 4.26. The second-order valence-electron chi connectivity index (χ2n) is 7.06. The van der Waals surface area contributed by atoms with Crippen molar-refractivity contribution in [3.63, 3.8) is 0 Å². The Morgan fingerprint density at radius 3 is 2.62 bits per heavy atom. The number of hydrazine groups is 1. The second kappa shape index (κ2) is 9.28. The molecule has 0 atom stereocenters. The van der Waals surface area contributed by atoms with Crippen LogP contribution in [0.1, 0.15) is 23.2 Å². The monoisotopic (exact) mass is 458 g/mol. The number of H-pyrrole nitrogens is 1. The van der Waals surface area contributed by atoms with Crippen LogP contribution in [-0.2, 0) is 14.8 Å².